The summed E-state index contributed by atoms with van der Waals surface area (Å²) in [7, 11) is 1.64. The van der Waals surface area contributed by atoms with Crippen LogP contribution >= 0.6 is 0 Å². The molecule has 4 N–H and O–H groups in total. The minimum Gasteiger partial charge on any atom is -0.504 e. The lowest BCUT2D eigenvalue weighted by atomic mass is 10.1. The summed E-state index contributed by atoms with van der Waals surface area (Å²) in [5.41, 5.74) is 0.879. The second kappa shape index (κ2) is 8.79. The third-order valence-electron chi connectivity index (χ3n) is 3.92. The van der Waals surface area contributed by atoms with Crippen LogP contribution in [0.3, 0.4) is 0 Å². The van der Waals surface area contributed by atoms with E-state index in [1.54, 1.807) is 25.2 Å². The van der Waals surface area contributed by atoms with E-state index in [0.717, 1.165) is 17.7 Å². The average Bonchev–Trinajstić information content (AvgIpc) is 2.65. The van der Waals surface area contributed by atoms with E-state index in [0.29, 0.717) is 18.7 Å². The van der Waals surface area contributed by atoms with Crippen molar-refractivity contribution >= 4 is 12.0 Å². The molecule has 0 aliphatic carbocycles. The summed E-state index contributed by atoms with van der Waals surface area (Å²) in [6.07, 6.45) is 0.0338. The molecule has 0 atom stereocenters. The number of hydrogen-bond acceptors (Lipinski definition) is 6. The third kappa shape index (κ3) is 5.27. The van der Waals surface area contributed by atoms with Crippen LogP contribution in [0.15, 0.2) is 36.4 Å². The summed E-state index contributed by atoms with van der Waals surface area (Å²) in [6.45, 7) is 2.66. The van der Waals surface area contributed by atoms with Crippen molar-refractivity contribution in [3.05, 3.63) is 47.5 Å². The molecule has 2 rings (SSSR count). The number of hydrogen-bond donors (Lipinski definition) is 4. The van der Waals surface area contributed by atoms with Crippen LogP contribution in [0.5, 0.6) is 23.0 Å². The monoisotopic (exact) mass is 374 g/mol. The van der Waals surface area contributed by atoms with Crippen molar-refractivity contribution in [1.29, 1.82) is 0 Å². The second-order valence-corrected chi connectivity index (χ2v) is 5.90. The Kier molecular flexibility index (Phi) is 6.48. The van der Waals surface area contributed by atoms with Crippen LogP contribution in [-0.2, 0) is 6.42 Å². The summed E-state index contributed by atoms with van der Waals surface area (Å²) in [6, 6.07) is 9.10. The first-order valence-corrected chi connectivity index (χ1v) is 8.36. The van der Waals surface area contributed by atoms with Gasteiger partial charge in [0.05, 0.1) is 0 Å². The van der Waals surface area contributed by atoms with Crippen molar-refractivity contribution in [2.45, 2.75) is 13.3 Å². The Balaban J connectivity index is 1.92. The van der Waals surface area contributed by atoms with Crippen LogP contribution in [0.2, 0.25) is 0 Å². The second-order valence-electron chi connectivity index (χ2n) is 5.90. The zero-order chi connectivity index (χ0) is 20.0. The van der Waals surface area contributed by atoms with Crippen molar-refractivity contribution < 1.29 is 29.6 Å². The van der Waals surface area contributed by atoms with Crippen LogP contribution in [0, 0.1) is 0 Å². The predicted octanol–water partition coefficient (Wildman–Crippen LogP) is 2.23. The lowest BCUT2D eigenvalue weighted by Crippen LogP contribution is -2.29. The molecule has 8 heteroatoms. The van der Waals surface area contributed by atoms with Crippen LogP contribution in [0.25, 0.3) is 0 Å². The molecule has 144 valence electrons. The minimum absolute atomic E-state index is 0.0214. The Hall–Kier alpha value is -3.42. The molecule has 0 aliphatic heterocycles. The predicted molar refractivity (Wildman–Crippen MR) is 98.2 cm³/mol. The van der Waals surface area contributed by atoms with E-state index in [4.69, 9.17) is 4.74 Å². The van der Waals surface area contributed by atoms with E-state index in [9.17, 15) is 24.9 Å². The van der Waals surface area contributed by atoms with Crippen molar-refractivity contribution in [3.8, 4) is 23.0 Å². The highest BCUT2D eigenvalue weighted by atomic mass is 16.6. The van der Waals surface area contributed by atoms with Gasteiger partial charge in [0.2, 0.25) is 0 Å². The fourth-order valence-corrected chi connectivity index (χ4v) is 2.23. The highest BCUT2D eigenvalue weighted by Gasteiger charge is 2.13. The maximum Gasteiger partial charge on any atom is 0.414 e. The zero-order valence-corrected chi connectivity index (χ0v) is 15.1. The molecule has 0 spiro atoms. The van der Waals surface area contributed by atoms with E-state index in [1.165, 1.54) is 4.90 Å². The lowest BCUT2D eigenvalue weighted by molar-refractivity contribution is 0.0953. The molecule has 0 saturated carbocycles. The molecule has 0 aromatic heterocycles. The molecule has 0 fully saturated rings. The first-order chi connectivity index (χ1) is 12.8. The number of nitrogens with one attached hydrogen (secondary N) is 1. The fourth-order valence-electron chi connectivity index (χ4n) is 2.23. The van der Waals surface area contributed by atoms with Gasteiger partial charge in [-0.1, -0.05) is 12.1 Å². The Bertz CT molecular complexity index is 814. The molecular formula is C19H22N2O6. The SMILES string of the molecule is CCN(C)C(=O)Oc1cccc(CCNC(=O)c2cc(O)c(O)c(O)c2)c1. The zero-order valence-electron chi connectivity index (χ0n) is 15.1. The number of carbonyl (C=O) groups is 2. The van der Waals surface area contributed by atoms with E-state index in [1.807, 2.05) is 13.0 Å². The smallest absolute Gasteiger partial charge is 0.414 e. The van der Waals surface area contributed by atoms with Crippen LogP contribution < -0.4 is 10.1 Å². The van der Waals surface area contributed by atoms with Crippen LogP contribution in [0.4, 0.5) is 4.79 Å². The maximum absolute atomic E-state index is 12.1. The molecule has 0 aliphatic rings. The normalized spacial score (nSPS) is 10.3. The van der Waals surface area contributed by atoms with E-state index in [2.05, 4.69) is 5.32 Å². The van der Waals surface area contributed by atoms with Gasteiger partial charge in [-0.2, -0.15) is 0 Å². The van der Waals surface area contributed by atoms with Gasteiger partial charge in [0.25, 0.3) is 5.91 Å². The number of aromatic hydroxyl groups is 3. The van der Waals surface area contributed by atoms with Crippen molar-refractivity contribution in [2.75, 3.05) is 20.1 Å². The summed E-state index contributed by atoms with van der Waals surface area (Å²) < 4.78 is 5.26. The lowest BCUT2D eigenvalue weighted by Gasteiger charge is -2.14. The highest BCUT2D eigenvalue weighted by Crippen LogP contribution is 2.35. The van der Waals surface area contributed by atoms with E-state index in [-0.39, 0.29) is 12.1 Å². The minimum atomic E-state index is -0.674. The number of carbonyl (C=O) groups excluding carboxylic acids is 2. The standard InChI is InChI=1S/C19H22N2O6/c1-3-21(2)19(26)27-14-6-4-5-12(9-14)7-8-20-18(25)13-10-15(22)17(24)16(23)11-13/h4-6,9-11,22-24H,3,7-8H2,1-2H3,(H,20,25). The van der Waals surface area contributed by atoms with Gasteiger partial charge >= 0.3 is 6.09 Å². The maximum atomic E-state index is 12.1. The van der Waals surface area contributed by atoms with Gasteiger partial charge in [0.1, 0.15) is 5.75 Å². The first kappa shape index (κ1) is 19.9. The van der Waals surface area contributed by atoms with Gasteiger partial charge in [0, 0.05) is 25.7 Å². The highest BCUT2D eigenvalue weighted by molar-refractivity contribution is 5.95. The number of nitrogens with zero attached hydrogens (tertiary/aromatic N) is 1. The van der Waals surface area contributed by atoms with Gasteiger partial charge in [-0.25, -0.2) is 4.79 Å². The molecule has 2 aromatic carbocycles. The number of benzene rings is 2. The number of phenols is 3. The van der Waals surface area contributed by atoms with Gasteiger partial charge in [-0.3, -0.25) is 4.79 Å². The molecule has 2 amide bonds. The molecule has 0 bridgehead atoms. The Labute approximate surface area is 156 Å². The molecular weight excluding hydrogens is 352 g/mol. The van der Waals surface area contributed by atoms with Gasteiger partial charge in [-0.15, -0.1) is 0 Å². The molecule has 27 heavy (non-hydrogen) atoms. The summed E-state index contributed by atoms with van der Waals surface area (Å²) in [5.74, 6) is -1.92. The number of phenolic OH excluding ortho intramolecular Hbond substituents is 3. The Morgan fingerprint density at radius 2 is 1.78 bits per heavy atom. The topological polar surface area (TPSA) is 119 Å². The molecule has 2 aromatic rings. The molecule has 0 saturated heterocycles. The van der Waals surface area contributed by atoms with E-state index < -0.39 is 29.2 Å². The van der Waals surface area contributed by atoms with Crippen LogP contribution in [-0.4, -0.2) is 52.4 Å². The molecule has 0 heterocycles. The average molecular weight is 374 g/mol. The Morgan fingerprint density at radius 1 is 1.11 bits per heavy atom. The summed E-state index contributed by atoms with van der Waals surface area (Å²) in [5, 5.41) is 30.9. The van der Waals surface area contributed by atoms with Crippen LogP contribution in [0.1, 0.15) is 22.8 Å². The Morgan fingerprint density at radius 3 is 2.41 bits per heavy atom. The van der Waals surface area contributed by atoms with E-state index >= 15 is 0 Å². The number of ether oxygens (including phenoxy) is 1. The number of rotatable bonds is 6. The molecule has 0 unspecified atom stereocenters. The van der Waals surface area contributed by atoms with Gasteiger partial charge in [0.15, 0.2) is 17.2 Å². The third-order valence-corrected chi connectivity index (χ3v) is 3.92. The van der Waals surface area contributed by atoms with Crippen molar-refractivity contribution in [2.24, 2.45) is 0 Å². The first-order valence-electron chi connectivity index (χ1n) is 8.36. The van der Waals surface area contributed by atoms with Gasteiger partial charge < -0.3 is 30.3 Å². The quantitative estimate of drug-likeness (QED) is 0.576. The molecule has 8 nitrogen and oxygen atoms in total. The van der Waals surface area contributed by atoms with Crippen molar-refractivity contribution in [3.63, 3.8) is 0 Å². The van der Waals surface area contributed by atoms with Gasteiger partial charge in [-0.05, 0) is 43.2 Å². The summed E-state index contributed by atoms with van der Waals surface area (Å²) in [4.78, 5) is 25.3. The fraction of sp³-hybridized carbons (Fsp3) is 0.263. The number of amides is 2. The largest absolute Gasteiger partial charge is 0.504 e. The molecule has 0 radical (unpaired) electrons. The summed E-state index contributed by atoms with van der Waals surface area (Å²) >= 11 is 0. The van der Waals surface area contributed by atoms with Crippen molar-refractivity contribution in [1.82, 2.24) is 10.2 Å².